The van der Waals surface area contributed by atoms with Crippen LogP contribution in [0.15, 0.2) is 18.2 Å². The van der Waals surface area contributed by atoms with Gasteiger partial charge in [0.2, 0.25) is 0 Å². The van der Waals surface area contributed by atoms with Gasteiger partial charge in [0.25, 0.3) is 0 Å². The molecule has 100 valence electrons. The Balaban J connectivity index is 2.32. The smallest absolute Gasteiger partial charge is 0.122 e. The van der Waals surface area contributed by atoms with Gasteiger partial charge in [-0.2, -0.15) is 0 Å². The monoisotopic (exact) mass is 249 g/mol. The van der Waals surface area contributed by atoms with Gasteiger partial charge in [0.05, 0.1) is 14.2 Å². The molecular formula is C15H23NO2. The summed E-state index contributed by atoms with van der Waals surface area (Å²) in [5.41, 5.74) is 7.20. The molecule has 1 unspecified atom stereocenters. The first kappa shape index (κ1) is 13.2. The van der Waals surface area contributed by atoms with Crippen molar-refractivity contribution >= 4 is 0 Å². The van der Waals surface area contributed by atoms with Crippen LogP contribution < -0.4 is 15.2 Å². The average molecular weight is 249 g/mol. The number of nitrogens with two attached hydrogens (primary N) is 1. The van der Waals surface area contributed by atoms with E-state index in [-0.39, 0.29) is 0 Å². The number of methoxy groups -OCH3 is 2. The van der Waals surface area contributed by atoms with Crippen molar-refractivity contribution < 1.29 is 9.47 Å². The van der Waals surface area contributed by atoms with Crippen molar-refractivity contribution in [3.05, 3.63) is 23.8 Å². The van der Waals surface area contributed by atoms with E-state index in [9.17, 15) is 0 Å². The van der Waals surface area contributed by atoms with Crippen molar-refractivity contribution in [3.63, 3.8) is 0 Å². The largest absolute Gasteiger partial charge is 0.497 e. The standard InChI is InChI=1S/C15H23NO2/c1-17-12-7-8-15(18-2)13(9-12)14(10-16)11-5-3-4-6-11/h7-9,11,14H,3-6,10,16H2,1-2H3. The van der Waals surface area contributed by atoms with E-state index in [1.54, 1.807) is 14.2 Å². The Hall–Kier alpha value is -1.22. The molecule has 1 aliphatic rings. The minimum Gasteiger partial charge on any atom is -0.497 e. The highest BCUT2D eigenvalue weighted by atomic mass is 16.5. The van der Waals surface area contributed by atoms with E-state index < -0.39 is 0 Å². The third kappa shape index (κ3) is 2.61. The number of benzene rings is 1. The lowest BCUT2D eigenvalue weighted by Gasteiger charge is -2.24. The molecule has 0 radical (unpaired) electrons. The number of hydrogen-bond acceptors (Lipinski definition) is 3. The van der Waals surface area contributed by atoms with Gasteiger partial charge in [0, 0.05) is 11.5 Å². The molecule has 3 nitrogen and oxygen atoms in total. The molecule has 0 saturated heterocycles. The maximum atomic E-state index is 6.00. The van der Waals surface area contributed by atoms with Crippen LogP contribution in [0.2, 0.25) is 0 Å². The fourth-order valence-electron chi connectivity index (χ4n) is 3.06. The van der Waals surface area contributed by atoms with E-state index in [1.165, 1.54) is 31.2 Å². The minimum atomic E-state index is 0.387. The predicted molar refractivity (Wildman–Crippen MR) is 73.3 cm³/mol. The highest BCUT2D eigenvalue weighted by molar-refractivity contribution is 5.43. The highest BCUT2D eigenvalue weighted by Gasteiger charge is 2.27. The van der Waals surface area contributed by atoms with E-state index >= 15 is 0 Å². The van der Waals surface area contributed by atoms with Gasteiger partial charge in [-0.05, 0) is 43.5 Å². The van der Waals surface area contributed by atoms with Crippen LogP contribution in [-0.2, 0) is 0 Å². The normalized spacial score (nSPS) is 17.7. The lowest BCUT2D eigenvalue weighted by molar-refractivity contribution is 0.377. The highest BCUT2D eigenvalue weighted by Crippen LogP contribution is 2.41. The van der Waals surface area contributed by atoms with Crippen molar-refractivity contribution in [2.24, 2.45) is 11.7 Å². The second-order valence-corrected chi connectivity index (χ2v) is 4.99. The van der Waals surface area contributed by atoms with Crippen LogP contribution in [-0.4, -0.2) is 20.8 Å². The van der Waals surface area contributed by atoms with E-state index in [2.05, 4.69) is 6.07 Å². The van der Waals surface area contributed by atoms with Crippen molar-refractivity contribution in [3.8, 4) is 11.5 Å². The second-order valence-electron chi connectivity index (χ2n) is 4.99. The topological polar surface area (TPSA) is 44.5 Å². The van der Waals surface area contributed by atoms with Gasteiger partial charge < -0.3 is 15.2 Å². The maximum Gasteiger partial charge on any atom is 0.122 e. The molecule has 0 spiro atoms. The van der Waals surface area contributed by atoms with Crippen molar-refractivity contribution in [1.82, 2.24) is 0 Å². The summed E-state index contributed by atoms with van der Waals surface area (Å²) in [6.07, 6.45) is 5.21. The zero-order valence-corrected chi connectivity index (χ0v) is 11.3. The Morgan fingerprint density at radius 3 is 2.50 bits per heavy atom. The molecule has 18 heavy (non-hydrogen) atoms. The minimum absolute atomic E-state index is 0.387. The number of ether oxygens (including phenoxy) is 2. The number of rotatable bonds is 5. The Bertz CT molecular complexity index is 386. The van der Waals surface area contributed by atoms with E-state index in [4.69, 9.17) is 15.2 Å². The molecule has 2 rings (SSSR count). The van der Waals surface area contributed by atoms with Crippen LogP contribution >= 0.6 is 0 Å². The van der Waals surface area contributed by atoms with Gasteiger partial charge >= 0.3 is 0 Å². The van der Waals surface area contributed by atoms with Crippen LogP contribution in [0, 0.1) is 5.92 Å². The summed E-state index contributed by atoms with van der Waals surface area (Å²) >= 11 is 0. The summed E-state index contributed by atoms with van der Waals surface area (Å²) in [5.74, 6) is 2.88. The number of hydrogen-bond donors (Lipinski definition) is 1. The van der Waals surface area contributed by atoms with E-state index in [0.29, 0.717) is 18.4 Å². The first-order chi connectivity index (χ1) is 8.80. The molecule has 0 aliphatic heterocycles. The molecule has 0 amide bonds. The third-order valence-electron chi connectivity index (χ3n) is 4.06. The molecule has 1 saturated carbocycles. The zero-order chi connectivity index (χ0) is 13.0. The van der Waals surface area contributed by atoms with Crippen molar-refractivity contribution in [1.29, 1.82) is 0 Å². The SMILES string of the molecule is COc1ccc(OC)c(C(CN)C2CCCC2)c1. The lowest BCUT2D eigenvalue weighted by atomic mass is 9.84. The van der Waals surface area contributed by atoms with Gasteiger partial charge in [-0.1, -0.05) is 12.8 Å². The molecule has 3 heteroatoms. The van der Waals surface area contributed by atoms with Gasteiger partial charge in [-0.3, -0.25) is 0 Å². The predicted octanol–water partition coefficient (Wildman–Crippen LogP) is 2.94. The Morgan fingerprint density at radius 1 is 1.22 bits per heavy atom. The molecule has 1 atom stereocenters. The Labute approximate surface area is 109 Å². The lowest BCUT2D eigenvalue weighted by Crippen LogP contribution is -2.20. The molecule has 1 aromatic rings. The summed E-state index contributed by atoms with van der Waals surface area (Å²) < 4.78 is 10.8. The first-order valence-corrected chi connectivity index (χ1v) is 6.72. The van der Waals surface area contributed by atoms with Crippen LogP contribution in [0.25, 0.3) is 0 Å². The van der Waals surface area contributed by atoms with Crippen molar-refractivity contribution in [2.45, 2.75) is 31.6 Å². The first-order valence-electron chi connectivity index (χ1n) is 6.72. The summed E-state index contributed by atoms with van der Waals surface area (Å²) in [4.78, 5) is 0. The van der Waals surface area contributed by atoms with Crippen LogP contribution in [0.1, 0.15) is 37.2 Å². The van der Waals surface area contributed by atoms with Crippen molar-refractivity contribution in [2.75, 3.05) is 20.8 Å². The molecule has 0 bridgehead atoms. The zero-order valence-electron chi connectivity index (χ0n) is 11.3. The quantitative estimate of drug-likeness (QED) is 0.872. The Kier molecular flexibility index (Phi) is 4.48. The fraction of sp³-hybridized carbons (Fsp3) is 0.600. The molecule has 2 N–H and O–H groups in total. The van der Waals surface area contributed by atoms with Crippen LogP contribution in [0.3, 0.4) is 0 Å². The van der Waals surface area contributed by atoms with Gasteiger partial charge in [-0.25, -0.2) is 0 Å². The van der Waals surface area contributed by atoms with E-state index in [1.807, 2.05) is 12.1 Å². The fourth-order valence-corrected chi connectivity index (χ4v) is 3.06. The second kappa shape index (κ2) is 6.10. The van der Waals surface area contributed by atoms with E-state index in [0.717, 1.165) is 11.5 Å². The third-order valence-corrected chi connectivity index (χ3v) is 4.06. The average Bonchev–Trinajstić information content (AvgIpc) is 2.93. The molecule has 1 aliphatic carbocycles. The maximum absolute atomic E-state index is 6.00. The molecule has 1 fully saturated rings. The van der Waals surface area contributed by atoms with Crippen LogP contribution in [0.4, 0.5) is 0 Å². The summed E-state index contributed by atoms with van der Waals surface area (Å²) in [6.45, 7) is 0.675. The Morgan fingerprint density at radius 2 is 1.94 bits per heavy atom. The summed E-state index contributed by atoms with van der Waals surface area (Å²) in [5, 5.41) is 0. The molecule has 0 heterocycles. The van der Waals surface area contributed by atoms with Gasteiger partial charge in [-0.15, -0.1) is 0 Å². The van der Waals surface area contributed by atoms with Crippen LogP contribution in [0.5, 0.6) is 11.5 Å². The van der Waals surface area contributed by atoms with Gasteiger partial charge in [0.1, 0.15) is 11.5 Å². The molecular weight excluding hydrogens is 226 g/mol. The summed E-state index contributed by atoms with van der Waals surface area (Å²) in [6, 6.07) is 5.99. The molecule has 0 aromatic heterocycles. The summed E-state index contributed by atoms with van der Waals surface area (Å²) in [7, 11) is 3.41. The van der Waals surface area contributed by atoms with Gasteiger partial charge in [0.15, 0.2) is 0 Å². The molecule has 1 aromatic carbocycles.